The van der Waals surface area contributed by atoms with E-state index in [1.54, 1.807) is 0 Å². The number of hydrogen-bond acceptors (Lipinski definition) is 2. The average Bonchev–Trinajstić information content (AvgIpc) is 2.28. The topological polar surface area (TPSA) is 29.1 Å². The standard InChI is InChI=1S/C14H23NOS/c1-11-6-5-7-14(8-11)10-17(16)13(3)9-12(2)15-4/h5-8,12-13,15H,9-10H2,1-4H3. The number of rotatable bonds is 6. The Morgan fingerprint density at radius 3 is 2.65 bits per heavy atom. The molecular weight excluding hydrogens is 230 g/mol. The lowest BCUT2D eigenvalue weighted by atomic mass is 10.2. The van der Waals surface area contributed by atoms with Crippen LogP contribution in [0.15, 0.2) is 24.3 Å². The summed E-state index contributed by atoms with van der Waals surface area (Å²) in [5.74, 6) is 0.666. The molecule has 0 bridgehead atoms. The third-order valence-electron chi connectivity index (χ3n) is 3.02. The van der Waals surface area contributed by atoms with Gasteiger partial charge in [-0.25, -0.2) is 0 Å². The molecule has 0 saturated heterocycles. The summed E-state index contributed by atoms with van der Waals surface area (Å²) >= 11 is 0. The second-order valence-electron chi connectivity index (χ2n) is 4.75. The molecule has 0 spiro atoms. The normalized spacial score (nSPS) is 16.5. The van der Waals surface area contributed by atoms with Crippen molar-refractivity contribution in [3.63, 3.8) is 0 Å². The summed E-state index contributed by atoms with van der Waals surface area (Å²) in [6.07, 6.45) is 0.953. The average molecular weight is 253 g/mol. The van der Waals surface area contributed by atoms with E-state index in [0.29, 0.717) is 11.8 Å². The van der Waals surface area contributed by atoms with Gasteiger partial charge in [-0.3, -0.25) is 4.21 Å². The summed E-state index contributed by atoms with van der Waals surface area (Å²) in [7, 11) is 1.16. The highest BCUT2D eigenvalue weighted by Crippen LogP contribution is 2.12. The molecule has 1 rings (SSSR count). The van der Waals surface area contributed by atoms with E-state index in [1.165, 1.54) is 11.1 Å². The lowest BCUT2D eigenvalue weighted by Crippen LogP contribution is -2.27. The first-order valence-corrected chi connectivity index (χ1v) is 7.51. The molecule has 0 saturated carbocycles. The van der Waals surface area contributed by atoms with Crippen molar-refractivity contribution in [2.75, 3.05) is 7.05 Å². The fourth-order valence-electron chi connectivity index (χ4n) is 1.83. The first-order chi connectivity index (χ1) is 8.02. The van der Waals surface area contributed by atoms with Crippen molar-refractivity contribution in [3.05, 3.63) is 35.4 Å². The lowest BCUT2D eigenvalue weighted by Gasteiger charge is -2.16. The van der Waals surface area contributed by atoms with E-state index in [2.05, 4.69) is 44.3 Å². The molecule has 1 N–H and O–H groups in total. The number of hydrogen-bond donors (Lipinski definition) is 1. The van der Waals surface area contributed by atoms with Gasteiger partial charge < -0.3 is 5.32 Å². The van der Waals surface area contributed by atoms with Gasteiger partial charge in [-0.15, -0.1) is 0 Å². The highest BCUT2D eigenvalue weighted by molar-refractivity contribution is 7.84. The fraction of sp³-hybridized carbons (Fsp3) is 0.571. The van der Waals surface area contributed by atoms with Gasteiger partial charge in [-0.1, -0.05) is 36.8 Å². The third-order valence-corrected chi connectivity index (χ3v) is 4.73. The SMILES string of the molecule is CNC(C)CC(C)S(=O)Cc1cccc(C)c1. The Morgan fingerprint density at radius 2 is 2.06 bits per heavy atom. The summed E-state index contributed by atoms with van der Waals surface area (Å²) in [5, 5.41) is 3.42. The molecule has 1 aromatic rings. The Morgan fingerprint density at radius 1 is 1.35 bits per heavy atom. The Labute approximate surface area is 107 Å². The Kier molecular flexibility index (Phi) is 5.86. The second kappa shape index (κ2) is 6.92. The Bertz CT molecular complexity index is 378. The predicted octanol–water partition coefficient (Wildman–Crippen LogP) is 2.63. The van der Waals surface area contributed by atoms with Crippen molar-refractivity contribution < 1.29 is 4.21 Å². The first-order valence-electron chi connectivity index (χ1n) is 6.13. The molecule has 2 nitrogen and oxygen atoms in total. The number of nitrogens with one attached hydrogen (secondary N) is 1. The van der Waals surface area contributed by atoms with Crippen molar-refractivity contribution in [1.82, 2.24) is 5.32 Å². The number of benzene rings is 1. The highest BCUT2D eigenvalue weighted by atomic mass is 32.2. The van der Waals surface area contributed by atoms with Gasteiger partial charge in [0.25, 0.3) is 0 Å². The molecular formula is C14H23NOS. The minimum atomic E-state index is -0.786. The summed E-state index contributed by atoms with van der Waals surface area (Å²) in [6, 6.07) is 8.69. The molecule has 3 unspecified atom stereocenters. The van der Waals surface area contributed by atoms with Crippen LogP contribution >= 0.6 is 0 Å². The first kappa shape index (κ1) is 14.4. The van der Waals surface area contributed by atoms with Crippen LogP contribution in [0.2, 0.25) is 0 Å². The lowest BCUT2D eigenvalue weighted by molar-refractivity contribution is 0.554. The maximum atomic E-state index is 12.2. The van der Waals surface area contributed by atoms with Gasteiger partial charge in [0.05, 0.1) is 0 Å². The minimum Gasteiger partial charge on any atom is -0.317 e. The van der Waals surface area contributed by atoms with Crippen molar-refractivity contribution in [3.8, 4) is 0 Å². The predicted molar refractivity (Wildman–Crippen MR) is 75.6 cm³/mol. The fourth-order valence-corrected chi connectivity index (χ4v) is 3.13. The summed E-state index contributed by atoms with van der Waals surface area (Å²) in [6.45, 7) is 6.26. The van der Waals surface area contributed by atoms with Crippen LogP contribution in [0.25, 0.3) is 0 Å². The monoisotopic (exact) mass is 253 g/mol. The van der Waals surface area contributed by atoms with Crippen LogP contribution < -0.4 is 5.32 Å². The minimum absolute atomic E-state index is 0.234. The van der Waals surface area contributed by atoms with Gasteiger partial charge in [0.2, 0.25) is 0 Å². The molecule has 3 heteroatoms. The molecule has 0 amide bonds. The van der Waals surface area contributed by atoms with E-state index < -0.39 is 10.8 Å². The molecule has 96 valence electrons. The van der Waals surface area contributed by atoms with Gasteiger partial charge in [-0.2, -0.15) is 0 Å². The van der Waals surface area contributed by atoms with Gasteiger partial charge >= 0.3 is 0 Å². The van der Waals surface area contributed by atoms with Crippen LogP contribution in [0.1, 0.15) is 31.4 Å². The quantitative estimate of drug-likeness (QED) is 0.844. The number of aryl methyl sites for hydroxylation is 1. The molecule has 0 aromatic heterocycles. The zero-order valence-electron chi connectivity index (χ0n) is 11.2. The third kappa shape index (κ3) is 5.00. The van der Waals surface area contributed by atoms with Crippen molar-refractivity contribution in [2.45, 2.75) is 44.2 Å². The van der Waals surface area contributed by atoms with E-state index in [-0.39, 0.29) is 5.25 Å². The zero-order valence-corrected chi connectivity index (χ0v) is 12.0. The van der Waals surface area contributed by atoms with Crippen molar-refractivity contribution >= 4 is 10.8 Å². The maximum Gasteiger partial charge on any atom is 0.0488 e. The molecule has 0 aliphatic carbocycles. The molecule has 3 atom stereocenters. The van der Waals surface area contributed by atoms with E-state index >= 15 is 0 Å². The molecule has 0 fully saturated rings. The van der Waals surface area contributed by atoms with Crippen molar-refractivity contribution in [2.24, 2.45) is 0 Å². The molecule has 17 heavy (non-hydrogen) atoms. The van der Waals surface area contributed by atoms with Crippen LogP contribution in [0, 0.1) is 6.92 Å². The van der Waals surface area contributed by atoms with Crippen LogP contribution in [0.5, 0.6) is 0 Å². The largest absolute Gasteiger partial charge is 0.317 e. The zero-order chi connectivity index (χ0) is 12.8. The summed E-state index contributed by atoms with van der Waals surface area (Å²) < 4.78 is 12.2. The van der Waals surface area contributed by atoms with E-state index in [9.17, 15) is 4.21 Å². The highest BCUT2D eigenvalue weighted by Gasteiger charge is 2.14. The van der Waals surface area contributed by atoms with Crippen LogP contribution in [0.3, 0.4) is 0 Å². The molecule has 0 heterocycles. The van der Waals surface area contributed by atoms with Crippen LogP contribution in [-0.2, 0) is 16.6 Å². The van der Waals surface area contributed by atoms with Gasteiger partial charge in [-0.05, 0) is 32.9 Å². The van der Waals surface area contributed by atoms with Crippen molar-refractivity contribution in [1.29, 1.82) is 0 Å². The summed E-state index contributed by atoms with van der Waals surface area (Å²) in [4.78, 5) is 0. The smallest absolute Gasteiger partial charge is 0.0488 e. The van der Waals surface area contributed by atoms with E-state index in [4.69, 9.17) is 0 Å². The molecule has 0 aliphatic rings. The molecule has 1 aromatic carbocycles. The Hall–Kier alpha value is -0.670. The van der Waals surface area contributed by atoms with Gasteiger partial charge in [0.1, 0.15) is 0 Å². The maximum absolute atomic E-state index is 12.2. The summed E-state index contributed by atoms with van der Waals surface area (Å²) in [5.41, 5.74) is 2.41. The van der Waals surface area contributed by atoms with Gasteiger partial charge in [0, 0.05) is 27.8 Å². The Balaban J connectivity index is 2.54. The molecule has 0 aliphatic heterocycles. The van der Waals surface area contributed by atoms with E-state index in [1.807, 2.05) is 13.1 Å². The van der Waals surface area contributed by atoms with Gasteiger partial charge in [0.15, 0.2) is 0 Å². The van der Waals surface area contributed by atoms with Crippen LogP contribution in [-0.4, -0.2) is 22.5 Å². The molecule has 0 radical (unpaired) electrons. The van der Waals surface area contributed by atoms with Crippen LogP contribution in [0.4, 0.5) is 0 Å². The second-order valence-corrected chi connectivity index (χ2v) is 6.61. The van der Waals surface area contributed by atoms with E-state index in [0.717, 1.165) is 6.42 Å².